The van der Waals surface area contributed by atoms with Gasteiger partial charge in [-0.3, -0.25) is 0 Å². The molecule has 0 fully saturated rings. The van der Waals surface area contributed by atoms with E-state index in [1.54, 1.807) is 36.4 Å². The second-order valence-electron chi connectivity index (χ2n) is 8.59. The molecule has 0 saturated carbocycles. The summed E-state index contributed by atoms with van der Waals surface area (Å²) in [5.74, 6) is -15.0. The zero-order valence-corrected chi connectivity index (χ0v) is 21.9. The molecule has 0 aliphatic rings. The summed E-state index contributed by atoms with van der Waals surface area (Å²) < 4.78 is 155. The van der Waals surface area contributed by atoms with Crippen molar-refractivity contribution < 1.29 is 47.3 Å². The molecule has 0 radical (unpaired) electrons. The highest BCUT2D eigenvalue weighted by molar-refractivity contribution is 8.26. The number of benzene rings is 4. The molecule has 0 atom stereocenters. The smallest absolute Gasteiger partial charge is 0.191 e. The Morgan fingerprint density at radius 2 is 0.927 bits per heavy atom. The van der Waals surface area contributed by atoms with Gasteiger partial charge in [-0.1, -0.05) is 90.6 Å². The Kier molecular flexibility index (Phi) is 8.18. The van der Waals surface area contributed by atoms with Gasteiger partial charge in [0.25, 0.3) is 0 Å². The van der Waals surface area contributed by atoms with Crippen molar-refractivity contribution in [1.82, 2.24) is 0 Å². The van der Waals surface area contributed by atoms with Crippen LogP contribution in [0, 0.1) is 0 Å². The highest BCUT2D eigenvalue weighted by Crippen LogP contribution is 2.77. The van der Waals surface area contributed by atoms with Crippen molar-refractivity contribution in [3.63, 3.8) is 0 Å². The Morgan fingerprint density at radius 3 is 1.39 bits per heavy atom. The highest BCUT2D eigenvalue weighted by atomic mass is 32.3. The minimum atomic E-state index is -7.49. The standard InChI is InChI=1S/C28H17F11S2/c29-25(30,27(33,34)35)26(31,32)28(36,37)41(38,39)22-17-16-21(40-20-14-8-3-9-15-20)23(18-10-4-1-5-11-18)24(22)19-12-6-2-7-13-19/h1-17H. The molecule has 0 unspecified atom stereocenters. The molecule has 0 nitrogen and oxygen atoms in total. The first-order valence-corrected chi connectivity index (χ1v) is 13.7. The first-order chi connectivity index (χ1) is 19.0. The van der Waals surface area contributed by atoms with Crippen molar-refractivity contribution in [2.24, 2.45) is 0 Å². The third-order valence-corrected chi connectivity index (χ3v) is 8.80. The van der Waals surface area contributed by atoms with Crippen LogP contribution in [0.1, 0.15) is 0 Å². The van der Waals surface area contributed by atoms with E-state index in [2.05, 4.69) is 0 Å². The Morgan fingerprint density at radius 1 is 0.488 bits per heavy atom. The summed E-state index contributed by atoms with van der Waals surface area (Å²) in [7, 11) is -7.41. The SMILES string of the molecule is FC(F)(F)C(F)(F)C(F)(F)C(F)(F)S(F)(F)c1ccc(Sc2ccccc2)c(-c2ccccc2)c1-c1ccccc1. The Hall–Kier alpha value is -3.19. The Labute approximate surface area is 233 Å². The molecule has 0 spiro atoms. The molecular weight excluding hydrogens is 609 g/mol. The predicted octanol–water partition coefficient (Wildman–Crippen LogP) is 11.5. The van der Waals surface area contributed by atoms with Crippen LogP contribution in [-0.2, 0) is 0 Å². The van der Waals surface area contributed by atoms with Crippen molar-refractivity contribution in [2.45, 2.75) is 38.0 Å². The number of rotatable bonds is 8. The van der Waals surface area contributed by atoms with E-state index < -0.39 is 44.5 Å². The molecule has 0 aliphatic heterocycles. The fraction of sp³-hybridized carbons (Fsp3) is 0.143. The maximum Gasteiger partial charge on any atom is 0.460 e. The van der Waals surface area contributed by atoms with E-state index in [1.165, 1.54) is 54.6 Å². The number of hydrogen-bond donors (Lipinski definition) is 0. The second kappa shape index (κ2) is 10.9. The first kappa shape index (κ1) is 30.8. The summed E-state index contributed by atoms with van der Waals surface area (Å²) >= 11 is 1.02. The van der Waals surface area contributed by atoms with Crippen LogP contribution in [0.2, 0.25) is 0 Å². The molecule has 0 bridgehead atoms. The van der Waals surface area contributed by atoms with Crippen LogP contribution in [-0.4, -0.2) is 23.3 Å². The van der Waals surface area contributed by atoms with Gasteiger partial charge in [-0.2, -0.15) is 39.5 Å². The van der Waals surface area contributed by atoms with Crippen molar-refractivity contribution in [2.75, 3.05) is 0 Å². The molecule has 4 aromatic rings. The monoisotopic (exact) mass is 626 g/mol. The van der Waals surface area contributed by atoms with Gasteiger partial charge < -0.3 is 0 Å². The largest absolute Gasteiger partial charge is 0.460 e. The molecule has 0 aliphatic carbocycles. The Bertz CT molecular complexity index is 1490. The van der Waals surface area contributed by atoms with Gasteiger partial charge in [-0.05, 0) is 35.4 Å². The van der Waals surface area contributed by atoms with E-state index in [0.717, 1.165) is 17.8 Å². The highest BCUT2D eigenvalue weighted by Gasteiger charge is 2.86. The lowest BCUT2D eigenvalue weighted by Gasteiger charge is -2.40. The van der Waals surface area contributed by atoms with E-state index in [4.69, 9.17) is 0 Å². The molecule has 0 heterocycles. The lowest BCUT2D eigenvalue weighted by molar-refractivity contribution is -0.382. The fourth-order valence-electron chi connectivity index (χ4n) is 3.92. The van der Waals surface area contributed by atoms with Crippen molar-refractivity contribution >= 4 is 22.6 Å². The molecule has 41 heavy (non-hydrogen) atoms. The van der Waals surface area contributed by atoms with Crippen molar-refractivity contribution in [1.29, 1.82) is 0 Å². The summed E-state index contributed by atoms with van der Waals surface area (Å²) in [6, 6.07) is 23.6. The van der Waals surface area contributed by atoms with Gasteiger partial charge in [0.1, 0.15) is 0 Å². The lowest BCUT2D eigenvalue weighted by atomic mass is 9.94. The van der Waals surface area contributed by atoms with E-state index in [1.807, 2.05) is 0 Å². The predicted molar refractivity (Wildman–Crippen MR) is 137 cm³/mol. The summed E-state index contributed by atoms with van der Waals surface area (Å²) in [5, 5.41) is -7.11. The summed E-state index contributed by atoms with van der Waals surface area (Å²) in [6.07, 6.45) is -7.23. The minimum Gasteiger partial charge on any atom is -0.191 e. The van der Waals surface area contributed by atoms with Crippen LogP contribution in [0.3, 0.4) is 0 Å². The van der Waals surface area contributed by atoms with Crippen LogP contribution in [0.15, 0.2) is 118 Å². The van der Waals surface area contributed by atoms with Crippen LogP contribution in [0.25, 0.3) is 22.3 Å². The maximum atomic E-state index is 15.7. The van der Waals surface area contributed by atoms with Crippen molar-refractivity contribution in [3.05, 3.63) is 103 Å². The van der Waals surface area contributed by atoms with E-state index in [0.29, 0.717) is 11.0 Å². The van der Waals surface area contributed by atoms with E-state index in [-0.39, 0.29) is 21.6 Å². The molecular formula is C28H17F11S2. The average molecular weight is 627 g/mol. The van der Waals surface area contributed by atoms with Crippen molar-refractivity contribution in [3.8, 4) is 22.3 Å². The van der Waals surface area contributed by atoms with Gasteiger partial charge in [0, 0.05) is 20.9 Å². The molecule has 0 saturated heterocycles. The zero-order chi connectivity index (χ0) is 30.3. The van der Waals surface area contributed by atoms with Gasteiger partial charge in [0.2, 0.25) is 0 Å². The Balaban J connectivity index is 2.06. The number of halogens is 11. The molecule has 0 aromatic heterocycles. The van der Waals surface area contributed by atoms with Crippen LogP contribution in [0.5, 0.6) is 0 Å². The quantitative estimate of drug-likeness (QED) is 0.175. The van der Waals surface area contributed by atoms with Crippen LogP contribution in [0.4, 0.5) is 47.3 Å². The third kappa shape index (κ3) is 5.29. The molecule has 0 N–H and O–H groups in total. The topological polar surface area (TPSA) is 0 Å². The molecule has 0 amide bonds. The van der Waals surface area contributed by atoms with Crippen LogP contribution >= 0.6 is 22.6 Å². The van der Waals surface area contributed by atoms with Gasteiger partial charge >= 0.3 is 23.3 Å². The molecule has 218 valence electrons. The van der Waals surface area contributed by atoms with Gasteiger partial charge in [-0.15, -0.1) is 7.77 Å². The third-order valence-electron chi connectivity index (χ3n) is 5.94. The maximum absolute atomic E-state index is 15.7. The fourth-order valence-corrected chi connectivity index (χ4v) is 6.37. The van der Waals surface area contributed by atoms with Gasteiger partial charge in [-0.25, -0.2) is 0 Å². The average Bonchev–Trinajstić information content (AvgIpc) is 2.93. The van der Waals surface area contributed by atoms with Crippen LogP contribution < -0.4 is 0 Å². The molecule has 4 aromatic carbocycles. The zero-order valence-electron chi connectivity index (χ0n) is 20.3. The summed E-state index contributed by atoms with van der Waals surface area (Å²) in [4.78, 5) is -0.990. The minimum absolute atomic E-state index is 0.128. The first-order valence-electron chi connectivity index (χ1n) is 11.5. The van der Waals surface area contributed by atoms with E-state index >= 15 is 7.77 Å². The number of hydrogen-bond acceptors (Lipinski definition) is 1. The second-order valence-corrected chi connectivity index (χ2v) is 11.6. The van der Waals surface area contributed by atoms with E-state index in [9.17, 15) is 39.5 Å². The number of alkyl halides is 9. The molecule has 13 heteroatoms. The normalized spacial score (nSPS) is 13.7. The molecule has 4 rings (SSSR count). The van der Waals surface area contributed by atoms with Gasteiger partial charge in [0.15, 0.2) is 10.8 Å². The summed E-state index contributed by atoms with van der Waals surface area (Å²) in [5.41, 5.74) is -0.830. The summed E-state index contributed by atoms with van der Waals surface area (Å²) in [6.45, 7) is 0. The lowest BCUT2D eigenvalue weighted by Crippen LogP contribution is -2.61. The van der Waals surface area contributed by atoms with Gasteiger partial charge in [0.05, 0.1) is 4.90 Å².